The van der Waals surface area contributed by atoms with Gasteiger partial charge in [-0.1, -0.05) is 0 Å². The number of pyridine rings is 1. The number of anilines is 2. The monoisotopic (exact) mass is 286 g/mol. The Morgan fingerprint density at radius 2 is 2.10 bits per heavy atom. The fourth-order valence-corrected chi connectivity index (χ4v) is 2.68. The summed E-state index contributed by atoms with van der Waals surface area (Å²) in [6.07, 6.45) is 5.41. The Hall–Kier alpha value is -2.41. The standard InChI is InChI=1S/C13H14N6S/c1-19-7-4-10(17-19)8-16-13-11(12(14)18-20-13)9-2-5-15-6-3-9/h2-7,16H,8H2,1H3,(H2,14,18). The van der Waals surface area contributed by atoms with Crippen LogP contribution in [0.1, 0.15) is 5.69 Å². The average Bonchev–Trinajstić information content (AvgIpc) is 3.03. The first-order chi connectivity index (χ1) is 9.74. The van der Waals surface area contributed by atoms with Crippen molar-refractivity contribution in [1.82, 2.24) is 19.1 Å². The highest BCUT2D eigenvalue weighted by molar-refractivity contribution is 7.11. The SMILES string of the molecule is Cn1ccc(CNc2snc(N)c2-c2ccncc2)n1. The third kappa shape index (κ3) is 2.48. The molecule has 3 rings (SSSR count). The number of rotatable bonds is 4. The van der Waals surface area contributed by atoms with Gasteiger partial charge in [0.25, 0.3) is 0 Å². The van der Waals surface area contributed by atoms with Gasteiger partial charge in [-0.25, -0.2) is 0 Å². The molecule has 0 amide bonds. The minimum Gasteiger partial charge on any atom is -0.382 e. The molecule has 20 heavy (non-hydrogen) atoms. The molecule has 0 atom stereocenters. The van der Waals surface area contributed by atoms with Gasteiger partial charge in [-0.3, -0.25) is 9.67 Å². The summed E-state index contributed by atoms with van der Waals surface area (Å²) in [6, 6.07) is 5.82. The predicted octanol–water partition coefficient (Wildman–Crippen LogP) is 2.13. The van der Waals surface area contributed by atoms with Crippen molar-refractivity contribution in [2.24, 2.45) is 7.05 Å². The molecule has 0 aromatic carbocycles. The van der Waals surface area contributed by atoms with E-state index in [2.05, 4.69) is 19.8 Å². The number of aromatic nitrogens is 4. The molecular weight excluding hydrogens is 272 g/mol. The maximum atomic E-state index is 5.97. The Kier molecular flexibility index (Phi) is 3.34. The number of nitrogen functional groups attached to an aromatic ring is 1. The molecule has 7 heteroatoms. The third-order valence-corrected chi connectivity index (χ3v) is 3.71. The van der Waals surface area contributed by atoms with Gasteiger partial charge in [0.2, 0.25) is 0 Å². The van der Waals surface area contributed by atoms with E-state index in [-0.39, 0.29) is 0 Å². The first-order valence-corrected chi connectivity index (χ1v) is 6.89. The van der Waals surface area contributed by atoms with Crippen LogP contribution in [0, 0.1) is 0 Å². The molecule has 0 aliphatic carbocycles. The minimum absolute atomic E-state index is 0.532. The molecule has 0 saturated carbocycles. The predicted molar refractivity (Wildman–Crippen MR) is 80.3 cm³/mol. The van der Waals surface area contributed by atoms with Crippen LogP contribution in [0.15, 0.2) is 36.8 Å². The van der Waals surface area contributed by atoms with Crippen molar-refractivity contribution >= 4 is 22.4 Å². The Morgan fingerprint density at radius 1 is 1.30 bits per heavy atom. The Morgan fingerprint density at radius 3 is 2.80 bits per heavy atom. The number of hydrogen-bond donors (Lipinski definition) is 2. The van der Waals surface area contributed by atoms with Crippen LogP contribution < -0.4 is 11.1 Å². The van der Waals surface area contributed by atoms with Gasteiger partial charge in [0, 0.05) is 25.6 Å². The number of nitrogens with two attached hydrogens (primary N) is 1. The van der Waals surface area contributed by atoms with Crippen molar-refractivity contribution < 1.29 is 0 Å². The molecule has 0 spiro atoms. The zero-order chi connectivity index (χ0) is 13.9. The fourth-order valence-electron chi connectivity index (χ4n) is 1.95. The van der Waals surface area contributed by atoms with E-state index < -0.39 is 0 Å². The van der Waals surface area contributed by atoms with E-state index in [4.69, 9.17) is 5.73 Å². The molecule has 3 aromatic heterocycles. The van der Waals surface area contributed by atoms with Gasteiger partial charge in [-0.15, -0.1) is 0 Å². The zero-order valence-corrected chi connectivity index (χ0v) is 11.8. The Labute approximate surface area is 120 Å². The van der Waals surface area contributed by atoms with Crippen LogP contribution in [0.25, 0.3) is 11.1 Å². The minimum atomic E-state index is 0.532. The van der Waals surface area contributed by atoms with Gasteiger partial charge in [-0.05, 0) is 35.3 Å². The largest absolute Gasteiger partial charge is 0.382 e. The maximum absolute atomic E-state index is 5.97. The van der Waals surface area contributed by atoms with Crippen LogP contribution in [0.3, 0.4) is 0 Å². The highest BCUT2D eigenvalue weighted by Crippen LogP contribution is 2.36. The number of hydrogen-bond acceptors (Lipinski definition) is 6. The van der Waals surface area contributed by atoms with Crippen molar-refractivity contribution in [3.05, 3.63) is 42.5 Å². The molecular formula is C13H14N6S. The van der Waals surface area contributed by atoms with Gasteiger partial charge in [-0.2, -0.15) is 9.47 Å². The van der Waals surface area contributed by atoms with Crippen molar-refractivity contribution in [3.63, 3.8) is 0 Å². The number of nitrogens with zero attached hydrogens (tertiary/aromatic N) is 4. The molecule has 3 N–H and O–H groups in total. The van der Waals surface area contributed by atoms with E-state index in [0.29, 0.717) is 12.4 Å². The molecule has 0 bridgehead atoms. The summed E-state index contributed by atoms with van der Waals surface area (Å²) in [4.78, 5) is 4.02. The average molecular weight is 286 g/mol. The molecule has 3 aromatic rings. The zero-order valence-electron chi connectivity index (χ0n) is 10.9. The van der Waals surface area contributed by atoms with Gasteiger partial charge >= 0.3 is 0 Å². The van der Waals surface area contributed by atoms with Crippen LogP contribution >= 0.6 is 11.5 Å². The number of nitrogens with one attached hydrogen (secondary N) is 1. The second-order valence-electron chi connectivity index (χ2n) is 4.34. The fraction of sp³-hybridized carbons (Fsp3) is 0.154. The molecule has 0 fully saturated rings. The van der Waals surface area contributed by atoms with Crippen LogP contribution in [0.4, 0.5) is 10.8 Å². The molecule has 0 saturated heterocycles. The Bertz CT molecular complexity index is 703. The summed E-state index contributed by atoms with van der Waals surface area (Å²) in [5.74, 6) is 0.532. The highest BCUT2D eigenvalue weighted by atomic mass is 32.1. The maximum Gasteiger partial charge on any atom is 0.147 e. The normalized spacial score (nSPS) is 10.7. The molecule has 3 heterocycles. The molecule has 0 radical (unpaired) electrons. The van der Waals surface area contributed by atoms with E-state index in [1.54, 1.807) is 17.1 Å². The summed E-state index contributed by atoms with van der Waals surface area (Å²) >= 11 is 1.36. The van der Waals surface area contributed by atoms with Crippen molar-refractivity contribution in [2.75, 3.05) is 11.1 Å². The molecule has 0 unspecified atom stereocenters. The first kappa shape index (κ1) is 12.6. The topological polar surface area (TPSA) is 81.7 Å². The van der Waals surface area contributed by atoms with Crippen LogP contribution in [0.2, 0.25) is 0 Å². The van der Waals surface area contributed by atoms with E-state index in [1.165, 1.54) is 11.5 Å². The molecule has 6 nitrogen and oxygen atoms in total. The lowest BCUT2D eigenvalue weighted by molar-refractivity contribution is 0.747. The smallest absolute Gasteiger partial charge is 0.147 e. The lowest BCUT2D eigenvalue weighted by atomic mass is 10.1. The molecule has 102 valence electrons. The Balaban J connectivity index is 1.84. The summed E-state index contributed by atoms with van der Waals surface area (Å²) in [7, 11) is 1.90. The lowest BCUT2D eigenvalue weighted by Gasteiger charge is -2.05. The van der Waals surface area contributed by atoms with Crippen molar-refractivity contribution in [3.8, 4) is 11.1 Å². The van der Waals surface area contributed by atoms with Crippen LogP contribution in [-0.2, 0) is 13.6 Å². The number of aryl methyl sites for hydroxylation is 1. The third-order valence-electron chi connectivity index (χ3n) is 2.89. The molecule has 0 aliphatic heterocycles. The second-order valence-corrected chi connectivity index (χ2v) is 5.12. The highest BCUT2D eigenvalue weighted by Gasteiger charge is 2.13. The summed E-state index contributed by atoms with van der Waals surface area (Å²) < 4.78 is 6.00. The first-order valence-electron chi connectivity index (χ1n) is 6.12. The van der Waals surface area contributed by atoms with E-state index in [0.717, 1.165) is 21.8 Å². The van der Waals surface area contributed by atoms with Gasteiger partial charge in [0.1, 0.15) is 10.8 Å². The van der Waals surface area contributed by atoms with E-state index in [1.807, 2.05) is 31.4 Å². The van der Waals surface area contributed by atoms with Crippen molar-refractivity contribution in [2.45, 2.75) is 6.54 Å². The lowest BCUT2D eigenvalue weighted by Crippen LogP contribution is -2.01. The molecule has 0 aliphatic rings. The quantitative estimate of drug-likeness (QED) is 0.768. The van der Waals surface area contributed by atoms with E-state index in [9.17, 15) is 0 Å². The van der Waals surface area contributed by atoms with Gasteiger partial charge in [0.15, 0.2) is 0 Å². The van der Waals surface area contributed by atoms with E-state index >= 15 is 0 Å². The summed E-state index contributed by atoms with van der Waals surface area (Å²) in [6.45, 7) is 0.639. The van der Waals surface area contributed by atoms with Gasteiger partial charge < -0.3 is 11.1 Å². The summed E-state index contributed by atoms with van der Waals surface area (Å²) in [5.41, 5.74) is 8.87. The summed E-state index contributed by atoms with van der Waals surface area (Å²) in [5, 5.41) is 8.62. The second kappa shape index (κ2) is 5.30. The van der Waals surface area contributed by atoms with Gasteiger partial charge in [0.05, 0.1) is 17.8 Å². The van der Waals surface area contributed by atoms with Crippen molar-refractivity contribution in [1.29, 1.82) is 0 Å². The van der Waals surface area contributed by atoms with Crippen LogP contribution in [-0.4, -0.2) is 19.1 Å². The van der Waals surface area contributed by atoms with Crippen LogP contribution in [0.5, 0.6) is 0 Å².